The summed E-state index contributed by atoms with van der Waals surface area (Å²) in [4.78, 5) is 14.2. The number of hydrazine groups is 1. The van der Waals surface area contributed by atoms with Crippen LogP contribution in [0.4, 0.5) is 0 Å². The van der Waals surface area contributed by atoms with Gasteiger partial charge in [0.25, 0.3) is 15.9 Å². The van der Waals surface area contributed by atoms with E-state index in [1.165, 1.54) is 37.4 Å². The summed E-state index contributed by atoms with van der Waals surface area (Å²) in [6.07, 6.45) is 1.90. The van der Waals surface area contributed by atoms with Crippen molar-refractivity contribution < 1.29 is 22.7 Å². The standard InChI is InChI=1S/C18H21ClN2O5S/c1-3-4-10-26-16-9-8-13(11-17(16)25-2)18(22)20-21-27(23,24)15-7-5-6-14(19)12-15/h5-9,11-12,21H,3-4,10H2,1-2H3,(H,20,22). The molecule has 0 aliphatic rings. The number of carbonyl (C=O) groups excluding carboxylic acids is 1. The maximum Gasteiger partial charge on any atom is 0.266 e. The summed E-state index contributed by atoms with van der Waals surface area (Å²) in [5.41, 5.74) is 2.38. The summed E-state index contributed by atoms with van der Waals surface area (Å²) in [6, 6.07) is 10.3. The van der Waals surface area contributed by atoms with E-state index in [-0.39, 0.29) is 15.5 Å². The minimum atomic E-state index is -3.95. The first-order valence-electron chi connectivity index (χ1n) is 8.26. The fraction of sp³-hybridized carbons (Fsp3) is 0.278. The zero-order valence-electron chi connectivity index (χ0n) is 15.0. The molecule has 0 aliphatic heterocycles. The molecule has 2 aromatic rings. The van der Waals surface area contributed by atoms with Gasteiger partial charge in [-0.3, -0.25) is 10.2 Å². The van der Waals surface area contributed by atoms with Crippen LogP contribution in [0.1, 0.15) is 30.1 Å². The number of unbranched alkanes of at least 4 members (excludes halogenated alkanes) is 1. The number of methoxy groups -OCH3 is 1. The number of benzene rings is 2. The van der Waals surface area contributed by atoms with Gasteiger partial charge in [0.05, 0.1) is 18.6 Å². The third-order valence-corrected chi connectivity index (χ3v) is 5.07. The minimum absolute atomic E-state index is 0.0625. The maximum atomic E-state index is 12.3. The number of ether oxygens (including phenoxy) is 2. The number of carbonyl (C=O) groups is 1. The lowest BCUT2D eigenvalue weighted by atomic mass is 10.2. The smallest absolute Gasteiger partial charge is 0.266 e. The van der Waals surface area contributed by atoms with E-state index in [0.717, 1.165) is 12.8 Å². The lowest BCUT2D eigenvalue weighted by molar-refractivity contribution is 0.0944. The highest BCUT2D eigenvalue weighted by Crippen LogP contribution is 2.28. The number of rotatable bonds is 9. The van der Waals surface area contributed by atoms with Crippen molar-refractivity contribution in [2.75, 3.05) is 13.7 Å². The molecular weight excluding hydrogens is 392 g/mol. The second-order valence-electron chi connectivity index (χ2n) is 5.58. The Labute approximate surface area is 163 Å². The molecule has 0 saturated carbocycles. The molecule has 0 heterocycles. The summed E-state index contributed by atoms with van der Waals surface area (Å²) in [5.74, 6) is 0.262. The highest BCUT2D eigenvalue weighted by Gasteiger charge is 2.17. The fourth-order valence-corrected chi connectivity index (χ4v) is 3.27. The van der Waals surface area contributed by atoms with Crippen molar-refractivity contribution >= 4 is 27.5 Å². The summed E-state index contributed by atoms with van der Waals surface area (Å²) >= 11 is 5.80. The van der Waals surface area contributed by atoms with E-state index in [1.54, 1.807) is 12.1 Å². The molecule has 0 aromatic heterocycles. The van der Waals surface area contributed by atoms with Gasteiger partial charge in [0.1, 0.15) is 0 Å². The number of hydrogen-bond donors (Lipinski definition) is 2. The molecule has 0 fully saturated rings. The predicted molar refractivity (Wildman–Crippen MR) is 103 cm³/mol. The van der Waals surface area contributed by atoms with E-state index in [4.69, 9.17) is 21.1 Å². The quantitative estimate of drug-likeness (QED) is 0.487. The maximum absolute atomic E-state index is 12.3. The molecule has 9 heteroatoms. The Bertz CT molecular complexity index is 902. The molecule has 2 aromatic carbocycles. The first-order chi connectivity index (χ1) is 12.9. The van der Waals surface area contributed by atoms with Gasteiger partial charge in [-0.2, -0.15) is 0 Å². The summed E-state index contributed by atoms with van der Waals surface area (Å²) in [6.45, 7) is 2.59. The molecule has 2 N–H and O–H groups in total. The second kappa shape index (κ2) is 9.59. The van der Waals surface area contributed by atoms with Crippen molar-refractivity contribution in [3.63, 3.8) is 0 Å². The van der Waals surface area contributed by atoms with Crippen LogP contribution in [0.25, 0.3) is 0 Å². The van der Waals surface area contributed by atoms with Crippen LogP contribution in [0.15, 0.2) is 47.4 Å². The Morgan fingerprint density at radius 3 is 2.59 bits per heavy atom. The molecule has 7 nitrogen and oxygen atoms in total. The Kier molecular flexibility index (Phi) is 7.46. The third-order valence-electron chi connectivity index (χ3n) is 3.59. The summed E-state index contributed by atoms with van der Waals surface area (Å²) in [5, 5.41) is 0.271. The summed E-state index contributed by atoms with van der Waals surface area (Å²) < 4.78 is 35.3. The zero-order chi connectivity index (χ0) is 19.9. The lowest BCUT2D eigenvalue weighted by Gasteiger charge is -2.12. The van der Waals surface area contributed by atoms with Crippen LogP contribution in [-0.2, 0) is 10.0 Å². The Balaban J connectivity index is 2.07. The number of halogens is 1. The molecule has 0 unspecified atom stereocenters. The van der Waals surface area contributed by atoms with Gasteiger partial charge in [-0.05, 0) is 42.8 Å². The highest BCUT2D eigenvalue weighted by atomic mass is 35.5. The van der Waals surface area contributed by atoms with Crippen molar-refractivity contribution in [2.24, 2.45) is 0 Å². The molecule has 1 amide bonds. The normalized spacial score (nSPS) is 11.1. The van der Waals surface area contributed by atoms with Gasteiger partial charge in [0, 0.05) is 10.6 Å². The Morgan fingerprint density at radius 1 is 1.15 bits per heavy atom. The third kappa shape index (κ3) is 5.85. The summed E-state index contributed by atoms with van der Waals surface area (Å²) in [7, 11) is -2.48. The van der Waals surface area contributed by atoms with Gasteiger partial charge in [-0.15, -0.1) is 4.83 Å². The molecule has 0 radical (unpaired) electrons. The first-order valence-corrected chi connectivity index (χ1v) is 10.1. The van der Waals surface area contributed by atoms with Gasteiger partial charge in [0.15, 0.2) is 11.5 Å². The topological polar surface area (TPSA) is 93.7 Å². The van der Waals surface area contributed by atoms with Crippen molar-refractivity contribution in [3.05, 3.63) is 53.1 Å². The van der Waals surface area contributed by atoms with Crippen LogP contribution < -0.4 is 19.7 Å². The van der Waals surface area contributed by atoms with Gasteiger partial charge < -0.3 is 9.47 Å². The second-order valence-corrected chi connectivity index (χ2v) is 7.70. The molecule has 0 saturated heterocycles. The molecule has 0 aliphatic carbocycles. The van der Waals surface area contributed by atoms with Crippen LogP contribution >= 0.6 is 11.6 Å². The van der Waals surface area contributed by atoms with Crippen molar-refractivity contribution in [2.45, 2.75) is 24.7 Å². The molecule has 2 rings (SSSR count). The molecule has 0 atom stereocenters. The van der Waals surface area contributed by atoms with Gasteiger partial charge in [0.2, 0.25) is 0 Å². The Morgan fingerprint density at radius 2 is 1.93 bits per heavy atom. The van der Waals surface area contributed by atoms with Crippen LogP contribution in [0.2, 0.25) is 5.02 Å². The number of hydrogen-bond acceptors (Lipinski definition) is 5. The zero-order valence-corrected chi connectivity index (χ0v) is 16.6. The predicted octanol–water partition coefficient (Wildman–Crippen LogP) is 3.15. The number of sulfonamides is 1. The van der Waals surface area contributed by atoms with Gasteiger partial charge in [-0.1, -0.05) is 31.0 Å². The van der Waals surface area contributed by atoms with E-state index in [9.17, 15) is 13.2 Å². The van der Waals surface area contributed by atoms with Crippen molar-refractivity contribution in [3.8, 4) is 11.5 Å². The van der Waals surface area contributed by atoms with Crippen LogP contribution in [0.5, 0.6) is 11.5 Å². The number of nitrogens with one attached hydrogen (secondary N) is 2. The van der Waals surface area contributed by atoms with E-state index in [2.05, 4.69) is 12.3 Å². The molecule has 146 valence electrons. The molecule has 0 bridgehead atoms. The highest BCUT2D eigenvalue weighted by molar-refractivity contribution is 7.89. The molecule has 0 spiro atoms. The first kappa shape index (κ1) is 21.0. The van der Waals surface area contributed by atoms with E-state index < -0.39 is 15.9 Å². The van der Waals surface area contributed by atoms with Crippen LogP contribution in [-0.4, -0.2) is 28.0 Å². The molecular formula is C18H21ClN2O5S. The van der Waals surface area contributed by atoms with Crippen molar-refractivity contribution in [1.82, 2.24) is 10.3 Å². The number of amides is 1. The fourth-order valence-electron chi connectivity index (χ4n) is 2.13. The SMILES string of the molecule is CCCCOc1ccc(C(=O)NNS(=O)(=O)c2cccc(Cl)c2)cc1OC. The average molecular weight is 413 g/mol. The van der Waals surface area contributed by atoms with E-state index in [0.29, 0.717) is 18.1 Å². The van der Waals surface area contributed by atoms with E-state index >= 15 is 0 Å². The van der Waals surface area contributed by atoms with Crippen LogP contribution in [0, 0.1) is 0 Å². The minimum Gasteiger partial charge on any atom is -0.493 e. The van der Waals surface area contributed by atoms with E-state index in [1.807, 2.05) is 4.83 Å². The average Bonchev–Trinajstić information content (AvgIpc) is 2.66. The van der Waals surface area contributed by atoms with Gasteiger partial charge >= 0.3 is 0 Å². The monoisotopic (exact) mass is 412 g/mol. The molecule has 27 heavy (non-hydrogen) atoms. The lowest BCUT2D eigenvalue weighted by Crippen LogP contribution is -2.41. The van der Waals surface area contributed by atoms with Crippen molar-refractivity contribution in [1.29, 1.82) is 0 Å². The van der Waals surface area contributed by atoms with Crippen LogP contribution in [0.3, 0.4) is 0 Å². The Hall–Kier alpha value is -2.29. The van der Waals surface area contributed by atoms with Gasteiger partial charge in [-0.25, -0.2) is 8.42 Å². The largest absolute Gasteiger partial charge is 0.493 e.